The molecule has 1 heterocycles. The van der Waals surface area contributed by atoms with Gasteiger partial charge >= 0.3 is 0 Å². The van der Waals surface area contributed by atoms with Crippen LogP contribution < -0.4 is 20.1 Å². The molecule has 0 spiro atoms. The molecule has 1 atom stereocenters. The number of nitrogens with one attached hydrogen (secondary N) is 2. The molecule has 158 valence electrons. The molecule has 2 aromatic rings. The number of nitrogens with zero attached hydrogens (tertiary/aromatic N) is 1. The first kappa shape index (κ1) is 21.1. The van der Waals surface area contributed by atoms with E-state index in [1.165, 1.54) is 24.3 Å². The lowest BCUT2D eigenvalue weighted by Crippen LogP contribution is -2.40. The quantitative estimate of drug-likeness (QED) is 0.532. The van der Waals surface area contributed by atoms with Gasteiger partial charge in [0.25, 0.3) is 11.6 Å². The molecule has 0 unspecified atom stereocenters. The minimum Gasteiger partial charge on any atom is -0.486 e. The Hall–Kier alpha value is -3.62. The Balaban J connectivity index is 1.62. The maximum Gasteiger partial charge on any atom is 0.270 e. The zero-order chi connectivity index (χ0) is 21.7. The molecule has 0 radical (unpaired) electrons. The molecule has 0 saturated heterocycles. The summed E-state index contributed by atoms with van der Waals surface area (Å²) in [5.41, 5.74) is 0.794. The fourth-order valence-corrected chi connectivity index (χ4v) is 3.14. The third kappa shape index (κ3) is 5.05. The summed E-state index contributed by atoms with van der Waals surface area (Å²) >= 11 is 0. The van der Waals surface area contributed by atoms with Gasteiger partial charge in [-0.3, -0.25) is 19.7 Å². The number of hydrogen-bond acceptors (Lipinski definition) is 6. The molecule has 30 heavy (non-hydrogen) atoms. The summed E-state index contributed by atoms with van der Waals surface area (Å²) in [6.45, 7) is 4.67. The van der Waals surface area contributed by atoms with Crippen LogP contribution in [0.15, 0.2) is 42.5 Å². The number of fused-ring (bicyclic) bond motifs is 1. The molecule has 2 N–H and O–H groups in total. The van der Waals surface area contributed by atoms with Crippen LogP contribution in [0.25, 0.3) is 0 Å². The van der Waals surface area contributed by atoms with Crippen molar-refractivity contribution in [2.24, 2.45) is 5.92 Å². The molecule has 1 aliphatic heterocycles. The molecule has 3 rings (SSSR count). The number of hydrogen-bond donors (Lipinski definition) is 2. The molecular weight excluding hydrogens is 390 g/mol. The van der Waals surface area contributed by atoms with E-state index >= 15 is 0 Å². The van der Waals surface area contributed by atoms with Gasteiger partial charge in [-0.15, -0.1) is 0 Å². The third-order valence-electron chi connectivity index (χ3n) is 4.64. The van der Waals surface area contributed by atoms with Gasteiger partial charge in [0.05, 0.1) is 17.5 Å². The fraction of sp³-hybridized carbons (Fsp3) is 0.333. The second-order valence-electron chi connectivity index (χ2n) is 7.18. The van der Waals surface area contributed by atoms with Crippen LogP contribution in [0.4, 0.5) is 5.69 Å². The number of carbonyl (C=O) groups is 2. The first-order valence-corrected chi connectivity index (χ1v) is 9.56. The zero-order valence-corrected chi connectivity index (χ0v) is 16.7. The van der Waals surface area contributed by atoms with E-state index in [2.05, 4.69) is 10.6 Å². The van der Waals surface area contributed by atoms with Crippen LogP contribution in [0.5, 0.6) is 11.5 Å². The number of carbonyl (C=O) groups excluding carboxylic acids is 2. The summed E-state index contributed by atoms with van der Waals surface area (Å²) in [5, 5.41) is 16.3. The first-order chi connectivity index (χ1) is 14.3. The molecule has 2 amide bonds. The van der Waals surface area contributed by atoms with E-state index < -0.39 is 10.8 Å². The number of ether oxygens (including phenoxy) is 2. The van der Waals surface area contributed by atoms with E-state index in [1.807, 2.05) is 32.0 Å². The normalized spacial score (nSPS) is 13.4. The molecular formula is C21H23N3O6. The standard InChI is InChI=1S/C21H23N3O6/c1-13(2)20(14-6-7-17-18(11-14)30-9-8-29-17)23-19(25)12-22-21(26)15-4-3-5-16(10-15)24(27)28/h3-7,10-11,13,20H,8-9,12H2,1-2H3,(H,22,26)(H,23,25)/t20-/m0/s1. The van der Waals surface area contributed by atoms with E-state index in [1.54, 1.807) is 0 Å². The first-order valence-electron chi connectivity index (χ1n) is 9.56. The lowest BCUT2D eigenvalue weighted by molar-refractivity contribution is -0.384. The van der Waals surface area contributed by atoms with Crippen molar-refractivity contribution in [1.82, 2.24) is 10.6 Å². The predicted molar refractivity (Wildman–Crippen MR) is 109 cm³/mol. The minimum atomic E-state index is -0.579. The van der Waals surface area contributed by atoms with Crippen LogP contribution in [0.1, 0.15) is 35.8 Å². The van der Waals surface area contributed by atoms with Crippen LogP contribution in [0.2, 0.25) is 0 Å². The second-order valence-corrected chi connectivity index (χ2v) is 7.18. The summed E-state index contributed by atoms with van der Waals surface area (Å²) in [6.07, 6.45) is 0. The molecule has 9 nitrogen and oxygen atoms in total. The average Bonchev–Trinajstić information content (AvgIpc) is 2.75. The largest absolute Gasteiger partial charge is 0.486 e. The van der Waals surface area contributed by atoms with Gasteiger partial charge in [-0.25, -0.2) is 0 Å². The summed E-state index contributed by atoms with van der Waals surface area (Å²) < 4.78 is 11.1. The summed E-state index contributed by atoms with van der Waals surface area (Å²) in [6, 6.07) is 10.6. The Bertz CT molecular complexity index is 960. The van der Waals surface area contributed by atoms with Gasteiger partial charge < -0.3 is 20.1 Å². The molecule has 9 heteroatoms. The minimum absolute atomic E-state index is 0.0870. The van der Waals surface area contributed by atoms with E-state index in [0.717, 1.165) is 5.56 Å². The molecule has 0 saturated carbocycles. The van der Waals surface area contributed by atoms with Crippen molar-refractivity contribution in [3.63, 3.8) is 0 Å². The molecule has 0 aromatic heterocycles. The van der Waals surface area contributed by atoms with Crippen molar-refractivity contribution in [3.8, 4) is 11.5 Å². The number of rotatable bonds is 7. The molecule has 1 aliphatic rings. The van der Waals surface area contributed by atoms with Gasteiger partial charge in [-0.2, -0.15) is 0 Å². The van der Waals surface area contributed by atoms with E-state index in [-0.39, 0.29) is 35.7 Å². The number of non-ortho nitro benzene ring substituents is 1. The SMILES string of the molecule is CC(C)[C@H](NC(=O)CNC(=O)c1cccc([N+](=O)[O-])c1)c1ccc2c(c1)OCCO2. The van der Waals surface area contributed by atoms with Gasteiger partial charge in [-0.05, 0) is 29.7 Å². The molecule has 2 aromatic carbocycles. The van der Waals surface area contributed by atoms with Crippen molar-refractivity contribution in [2.45, 2.75) is 19.9 Å². The molecule has 0 fully saturated rings. The van der Waals surface area contributed by atoms with Gasteiger partial charge in [0.15, 0.2) is 11.5 Å². The zero-order valence-electron chi connectivity index (χ0n) is 16.7. The Morgan fingerprint density at radius 2 is 1.83 bits per heavy atom. The fourth-order valence-electron chi connectivity index (χ4n) is 3.14. The lowest BCUT2D eigenvalue weighted by Gasteiger charge is -2.25. The lowest BCUT2D eigenvalue weighted by atomic mass is 9.95. The Morgan fingerprint density at radius 1 is 1.10 bits per heavy atom. The Kier molecular flexibility index (Phi) is 6.51. The summed E-state index contributed by atoms with van der Waals surface area (Å²) in [5.74, 6) is 0.460. The van der Waals surface area contributed by atoms with E-state index in [4.69, 9.17) is 9.47 Å². The Labute approximate surface area is 173 Å². The van der Waals surface area contributed by atoms with Crippen LogP contribution in [0, 0.1) is 16.0 Å². The van der Waals surface area contributed by atoms with Crippen molar-refractivity contribution in [2.75, 3.05) is 19.8 Å². The summed E-state index contributed by atoms with van der Waals surface area (Å²) in [7, 11) is 0. The third-order valence-corrected chi connectivity index (χ3v) is 4.64. The van der Waals surface area contributed by atoms with Crippen LogP contribution in [-0.4, -0.2) is 36.5 Å². The second kappa shape index (κ2) is 9.25. The highest BCUT2D eigenvalue weighted by molar-refractivity contribution is 5.97. The van der Waals surface area contributed by atoms with Crippen LogP contribution >= 0.6 is 0 Å². The van der Waals surface area contributed by atoms with Crippen LogP contribution in [0.3, 0.4) is 0 Å². The summed E-state index contributed by atoms with van der Waals surface area (Å²) in [4.78, 5) is 34.9. The number of benzene rings is 2. The molecule has 0 bridgehead atoms. The van der Waals surface area contributed by atoms with Crippen molar-refractivity contribution in [1.29, 1.82) is 0 Å². The van der Waals surface area contributed by atoms with E-state index in [0.29, 0.717) is 24.7 Å². The Morgan fingerprint density at radius 3 is 2.53 bits per heavy atom. The number of amides is 2. The van der Waals surface area contributed by atoms with Crippen molar-refractivity contribution >= 4 is 17.5 Å². The monoisotopic (exact) mass is 413 g/mol. The van der Waals surface area contributed by atoms with Crippen molar-refractivity contribution in [3.05, 3.63) is 63.7 Å². The van der Waals surface area contributed by atoms with E-state index in [9.17, 15) is 19.7 Å². The smallest absolute Gasteiger partial charge is 0.270 e. The predicted octanol–water partition coefficient (Wildman–Crippen LogP) is 2.61. The van der Waals surface area contributed by atoms with Crippen molar-refractivity contribution < 1.29 is 24.0 Å². The molecule has 0 aliphatic carbocycles. The average molecular weight is 413 g/mol. The van der Waals surface area contributed by atoms with Gasteiger partial charge in [0, 0.05) is 17.7 Å². The maximum absolute atomic E-state index is 12.4. The number of nitro benzene ring substituents is 1. The topological polar surface area (TPSA) is 120 Å². The maximum atomic E-state index is 12.4. The highest BCUT2D eigenvalue weighted by atomic mass is 16.6. The highest BCUT2D eigenvalue weighted by Crippen LogP contribution is 2.34. The number of nitro groups is 1. The highest BCUT2D eigenvalue weighted by Gasteiger charge is 2.22. The van der Waals surface area contributed by atoms with Crippen LogP contribution in [-0.2, 0) is 4.79 Å². The van der Waals surface area contributed by atoms with Gasteiger partial charge in [-0.1, -0.05) is 26.0 Å². The van der Waals surface area contributed by atoms with Gasteiger partial charge in [0.1, 0.15) is 13.2 Å². The van der Waals surface area contributed by atoms with Gasteiger partial charge in [0.2, 0.25) is 5.91 Å².